The second-order valence-corrected chi connectivity index (χ2v) is 10.8. The molecule has 0 saturated carbocycles. The fraction of sp³-hybridized carbons (Fsp3) is 0.304. The lowest BCUT2D eigenvalue weighted by Crippen LogP contribution is -2.40. The molecule has 0 bridgehead atoms. The molecule has 1 aliphatic heterocycles. The van der Waals surface area contributed by atoms with Crippen molar-refractivity contribution < 1.29 is 17.9 Å². The molecule has 1 N–H and O–H groups in total. The minimum Gasteiger partial charge on any atom is -0.379 e. The van der Waals surface area contributed by atoms with E-state index >= 15 is 0 Å². The van der Waals surface area contributed by atoms with Gasteiger partial charge in [0.1, 0.15) is 0 Å². The van der Waals surface area contributed by atoms with Crippen LogP contribution in [0.1, 0.15) is 6.92 Å². The van der Waals surface area contributed by atoms with E-state index in [0.29, 0.717) is 38.5 Å². The molecule has 174 valence electrons. The van der Waals surface area contributed by atoms with Crippen LogP contribution in [-0.2, 0) is 26.1 Å². The Bertz CT molecular complexity index is 1250. The zero-order chi connectivity index (χ0) is 23.4. The number of anilines is 1. The first-order valence-electron chi connectivity index (χ1n) is 10.6. The van der Waals surface area contributed by atoms with E-state index in [0.717, 1.165) is 16.2 Å². The summed E-state index contributed by atoms with van der Waals surface area (Å²) in [6.07, 6.45) is 1.80. The number of fused-ring (bicyclic) bond motifs is 1. The van der Waals surface area contributed by atoms with Crippen molar-refractivity contribution >= 4 is 44.4 Å². The lowest BCUT2D eigenvalue weighted by Gasteiger charge is -2.26. The van der Waals surface area contributed by atoms with E-state index < -0.39 is 15.3 Å². The molecule has 33 heavy (non-hydrogen) atoms. The molecular formula is C23H26N4O4S2. The molecule has 8 nitrogen and oxygen atoms in total. The SMILES string of the molecule is C=CCn1c(SC(C)C(=O)Nc2ccc(S(=O)(=O)N3CCOCC3)cc2)nc2ccccc21. The minimum absolute atomic E-state index is 0.194. The lowest BCUT2D eigenvalue weighted by atomic mass is 10.3. The molecule has 2 heterocycles. The number of ether oxygens (including phenoxy) is 1. The second-order valence-electron chi connectivity index (χ2n) is 7.57. The average Bonchev–Trinajstić information content (AvgIpc) is 3.17. The molecule has 4 rings (SSSR count). The molecule has 3 aromatic rings. The average molecular weight is 487 g/mol. The maximum absolute atomic E-state index is 12.8. The van der Waals surface area contributed by atoms with Gasteiger partial charge in [-0.2, -0.15) is 4.31 Å². The summed E-state index contributed by atoms with van der Waals surface area (Å²) in [4.78, 5) is 17.7. The topological polar surface area (TPSA) is 93.5 Å². The van der Waals surface area contributed by atoms with Gasteiger partial charge in [0.25, 0.3) is 0 Å². The molecule has 1 saturated heterocycles. The van der Waals surface area contributed by atoms with Crippen molar-refractivity contribution in [3.05, 3.63) is 61.2 Å². The number of nitrogens with zero attached hydrogens (tertiary/aromatic N) is 3. The number of amides is 1. The zero-order valence-electron chi connectivity index (χ0n) is 18.3. The van der Waals surface area contributed by atoms with Gasteiger partial charge in [-0.3, -0.25) is 4.79 Å². The monoisotopic (exact) mass is 486 g/mol. The third kappa shape index (κ3) is 5.14. The first-order valence-corrected chi connectivity index (χ1v) is 12.9. The van der Waals surface area contributed by atoms with Crippen LogP contribution in [0.4, 0.5) is 5.69 Å². The molecule has 1 aliphatic rings. The van der Waals surface area contributed by atoms with Crippen LogP contribution in [0.5, 0.6) is 0 Å². The molecule has 1 amide bonds. The Kier molecular flexibility index (Phi) is 7.18. The van der Waals surface area contributed by atoms with Gasteiger partial charge in [0, 0.05) is 25.3 Å². The number of carbonyl (C=O) groups is 1. The number of allylic oxidation sites excluding steroid dienone is 1. The van der Waals surface area contributed by atoms with Crippen molar-refractivity contribution in [2.75, 3.05) is 31.6 Å². The molecule has 10 heteroatoms. The molecule has 1 atom stereocenters. The van der Waals surface area contributed by atoms with Crippen LogP contribution >= 0.6 is 11.8 Å². The van der Waals surface area contributed by atoms with E-state index in [2.05, 4.69) is 16.9 Å². The van der Waals surface area contributed by atoms with E-state index in [1.165, 1.54) is 28.2 Å². The number of thioether (sulfide) groups is 1. The summed E-state index contributed by atoms with van der Waals surface area (Å²) in [5.74, 6) is -0.194. The van der Waals surface area contributed by atoms with Gasteiger partial charge in [-0.15, -0.1) is 6.58 Å². The predicted molar refractivity (Wildman–Crippen MR) is 130 cm³/mol. The summed E-state index contributed by atoms with van der Waals surface area (Å²) in [5.41, 5.74) is 2.39. The molecule has 0 spiro atoms. The van der Waals surface area contributed by atoms with Gasteiger partial charge in [-0.1, -0.05) is 30.0 Å². The van der Waals surface area contributed by atoms with E-state index in [-0.39, 0.29) is 10.8 Å². The van der Waals surface area contributed by atoms with Crippen molar-refractivity contribution in [1.82, 2.24) is 13.9 Å². The van der Waals surface area contributed by atoms with Gasteiger partial charge in [-0.05, 0) is 43.3 Å². The number of nitrogens with one attached hydrogen (secondary N) is 1. The van der Waals surface area contributed by atoms with Gasteiger partial charge in [0.05, 0.1) is 34.4 Å². The number of hydrogen-bond donors (Lipinski definition) is 1. The first-order chi connectivity index (χ1) is 15.9. The minimum atomic E-state index is -3.57. The van der Waals surface area contributed by atoms with Crippen LogP contribution in [0.2, 0.25) is 0 Å². The Morgan fingerprint density at radius 3 is 2.61 bits per heavy atom. The van der Waals surface area contributed by atoms with Crippen LogP contribution in [0.25, 0.3) is 11.0 Å². The normalized spacial score (nSPS) is 15.9. The molecule has 0 radical (unpaired) electrons. The Hall–Kier alpha value is -2.66. The number of imidazole rings is 1. The zero-order valence-corrected chi connectivity index (χ0v) is 19.9. The number of aromatic nitrogens is 2. The van der Waals surface area contributed by atoms with E-state index in [1.807, 2.05) is 35.8 Å². The van der Waals surface area contributed by atoms with E-state index in [1.54, 1.807) is 18.2 Å². The number of para-hydroxylation sites is 2. The lowest BCUT2D eigenvalue weighted by molar-refractivity contribution is -0.115. The molecule has 2 aromatic carbocycles. The maximum atomic E-state index is 12.8. The highest BCUT2D eigenvalue weighted by atomic mass is 32.2. The highest BCUT2D eigenvalue weighted by molar-refractivity contribution is 8.00. The van der Waals surface area contributed by atoms with Crippen molar-refractivity contribution in [3.63, 3.8) is 0 Å². The van der Waals surface area contributed by atoms with E-state index in [9.17, 15) is 13.2 Å². The number of sulfonamides is 1. The Morgan fingerprint density at radius 2 is 1.91 bits per heavy atom. The number of hydrogen-bond acceptors (Lipinski definition) is 6. The summed E-state index contributed by atoms with van der Waals surface area (Å²) < 4.78 is 34.2. The van der Waals surface area contributed by atoms with Crippen molar-refractivity contribution in [3.8, 4) is 0 Å². The molecular weight excluding hydrogens is 460 g/mol. The Balaban J connectivity index is 1.44. The predicted octanol–water partition coefficient (Wildman–Crippen LogP) is 3.36. The summed E-state index contributed by atoms with van der Waals surface area (Å²) in [6, 6.07) is 14.1. The fourth-order valence-corrected chi connectivity index (χ4v) is 5.89. The molecule has 1 unspecified atom stereocenters. The second kappa shape index (κ2) is 10.1. The fourth-order valence-electron chi connectivity index (χ4n) is 3.55. The summed E-state index contributed by atoms with van der Waals surface area (Å²) in [7, 11) is -3.57. The standard InChI is InChI=1S/C23H26N4O4S2/c1-3-12-27-21-7-5-4-6-20(21)25-23(27)32-17(2)22(28)24-18-8-10-19(11-9-18)33(29,30)26-13-15-31-16-14-26/h3-11,17H,1,12-16H2,2H3,(H,24,28). The van der Waals surface area contributed by atoms with Crippen LogP contribution in [0.3, 0.4) is 0 Å². The first kappa shape index (κ1) is 23.5. The highest BCUT2D eigenvalue weighted by Crippen LogP contribution is 2.28. The molecule has 0 aliphatic carbocycles. The van der Waals surface area contributed by atoms with Crippen LogP contribution in [0.15, 0.2) is 71.2 Å². The third-order valence-electron chi connectivity index (χ3n) is 5.31. The number of rotatable bonds is 8. The van der Waals surface area contributed by atoms with Gasteiger partial charge in [-0.25, -0.2) is 13.4 Å². The van der Waals surface area contributed by atoms with Crippen LogP contribution in [-0.4, -0.2) is 59.7 Å². The van der Waals surface area contributed by atoms with Gasteiger partial charge >= 0.3 is 0 Å². The van der Waals surface area contributed by atoms with Gasteiger partial charge in [0.15, 0.2) is 5.16 Å². The number of morpholine rings is 1. The van der Waals surface area contributed by atoms with Crippen LogP contribution < -0.4 is 5.32 Å². The van der Waals surface area contributed by atoms with Gasteiger partial charge in [0.2, 0.25) is 15.9 Å². The Labute approximate surface area is 197 Å². The summed E-state index contributed by atoms with van der Waals surface area (Å²) >= 11 is 1.37. The molecule has 1 aromatic heterocycles. The third-order valence-corrected chi connectivity index (χ3v) is 8.32. The smallest absolute Gasteiger partial charge is 0.243 e. The van der Waals surface area contributed by atoms with E-state index in [4.69, 9.17) is 4.74 Å². The number of benzene rings is 2. The quantitative estimate of drug-likeness (QED) is 0.388. The Morgan fingerprint density at radius 1 is 1.21 bits per heavy atom. The van der Waals surface area contributed by atoms with Crippen molar-refractivity contribution in [1.29, 1.82) is 0 Å². The number of carbonyl (C=O) groups excluding carboxylic acids is 1. The van der Waals surface area contributed by atoms with Crippen molar-refractivity contribution in [2.24, 2.45) is 0 Å². The highest BCUT2D eigenvalue weighted by Gasteiger charge is 2.26. The summed E-state index contributed by atoms with van der Waals surface area (Å²) in [5, 5.41) is 3.19. The van der Waals surface area contributed by atoms with Crippen LogP contribution in [0, 0.1) is 0 Å². The van der Waals surface area contributed by atoms with Gasteiger partial charge < -0.3 is 14.6 Å². The maximum Gasteiger partial charge on any atom is 0.243 e. The largest absolute Gasteiger partial charge is 0.379 e. The summed E-state index contributed by atoms with van der Waals surface area (Å²) in [6.45, 7) is 7.69. The van der Waals surface area contributed by atoms with Crippen molar-refractivity contribution in [2.45, 2.75) is 28.8 Å². The molecule has 1 fully saturated rings.